The van der Waals surface area contributed by atoms with Gasteiger partial charge in [-0.2, -0.15) is 0 Å². The van der Waals surface area contributed by atoms with Crippen molar-refractivity contribution in [2.24, 2.45) is 4.99 Å². The second kappa shape index (κ2) is 8.15. The summed E-state index contributed by atoms with van der Waals surface area (Å²) in [7, 11) is 3.09. The lowest BCUT2D eigenvalue weighted by Gasteiger charge is -2.17. The average Bonchev–Trinajstić information content (AvgIpc) is 2.94. The first-order valence-corrected chi connectivity index (χ1v) is 9.50. The molecule has 0 atom stereocenters. The number of benzene rings is 1. The van der Waals surface area contributed by atoms with Crippen LogP contribution in [-0.2, 0) is 4.79 Å². The highest BCUT2D eigenvalue weighted by molar-refractivity contribution is 8.18. The lowest BCUT2D eigenvalue weighted by atomic mass is 9.96. The fraction of sp³-hybridized carbons (Fsp3) is 0.444. The van der Waals surface area contributed by atoms with E-state index in [4.69, 9.17) is 26.1 Å². The molecule has 1 aromatic carbocycles. The van der Waals surface area contributed by atoms with Gasteiger partial charge in [0.25, 0.3) is 5.91 Å². The number of halogens is 1. The second-order valence-corrected chi connectivity index (χ2v) is 7.47. The summed E-state index contributed by atoms with van der Waals surface area (Å²) in [6.07, 6.45) is 7.71. The second-order valence-electron chi connectivity index (χ2n) is 6.03. The molecule has 2 fully saturated rings. The maximum absolute atomic E-state index is 12.2. The lowest BCUT2D eigenvalue weighted by molar-refractivity contribution is -0.115. The molecule has 25 heavy (non-hydrogen) atoms. The van der Waals surface area contributed by atoms with E-state index in [0.717, 1.165) is 18.4 Å². The van der Waals surface area contributed by atoms with Crippen LogP contribution in [-0.4, -0.2) is 31.3 Å². The van der Waals surface area contributed by atoms with Crippen LogP contribution in [0.4, 0.5) is 0 Å². The van der Waals surface area contributed by atoms with E-state index in [-0.39, 0.29) is 5.91 Å². The highest BCUT2D eigenvalue weighted by Crippen LogP contribution is 2.37. The number of ether oxygens (including phenoxy) is 2. The van der Waals surface area contributed by atoms with Crippen molar-refractivity contribution in [1.82, 2.24) is 5.32 Å². The van der Waals surface area contributed by atoms with Crippen LogP contribution in [0, 0.1) is 0 Å². The van der Waals surface area contributed by atoms with Crippen LogP contribution in [0.3, 0.4) is 0 Å². The number of nitrogens with one attached hydrogen (secondary N) is 1. The zero-order chi connectivity index (χ0) is 17.8. The SMILES string of the molecule is COc1cc(/C=C2\SC(=NC3CCCCC3)NC2=O)cc(Cl)c1OC. The topological polar surface area (TPSA) is 59.9 Å². The number of methoxy groups -OCH3 is 2. The molecule has 0 radical (unpaired) electrons. The Morgan fingerprint density at radius 2 is 2.00 bits per heavy atom. The summed E-state index contributed by atoms with van der Waals surface area (Å²) in [5, 5.41) is 3.98. The van der Waals surface area contributed by atoms with E-state index >= 15 is 0 Å². The van der Waals surface area contributed by atoms with Gasteiger partial charge in [-0.1, -0.05) is 30.9 Å². The zero-order valence-electron chi connectivity index (χ0n) is 14.3. The minimum Gasteiger partial charge on any atom is -0.493 e. The molecule has 1 amide bonds. The molecule has 5 nitrogen and oxygen atoms in total. The number of amides is 1. The molecule has 1 heterocycles. The van der Waals surface area contributed by atoms with Crippen molar-refractivity contribution in [3.63, 3.8) is 0 Å². The van der Waals surface area contributed by atoms with Gasteiger partial charge in [-0.3, -0.25) is 9.79 Å². The van der Waals surface area contributed by atoms with E-state index < -0.39 is 0 Å². The Kier molecular flexibility index (Phi) is 5.91. The van der Waals surface area contributed by atoms with Crippen molar-refractivity contribution in [2.75, 3.05) is 14.2 Å². The molecule has 0 bridgehead atoms. The normalized spacial score (nSPS) is 21.6. The number of amidine groups is 1. The third kappa shape index (κ3) is 4.30. The molecule has 1 aliphatic heterocycles. The van der Waals surface area contributed by atoms with Crippen molar-refractivity contribution in [3.05, 3.63) is 27.6 Å². The number of hydrogen-bond acceptors (Lipinski definition) is 5. The number of nitrogens with zero attached hydrogens (tertiary/aromatic N) is 1. The molecular formula is C18H21ClN2O3S. The van der Waals surface area contributed by atoms with Crippen LogP contribution in [0.1, 0.15) is 37.7 Å². The fourth-order valence-electron chi connectivity index (χ4n) is 3.04. The average molecular weight is 381 g/mol. The van der Waals surface area contributed by atoms with E-state index in [1.807, 2.05) is 0 Å². The number of aliphatic imine (C=N–C) groups is 1. The summed E-state index contributed by atoms with van der Waals surface area (Å²) in [6.45, 7) is 0. The number of thioether (sulfide) groups is 1. The van der Waals surface area contributed by atoms with Gasteiger partial charge in [-0.05, 0) is 48.4 Å². The molecular weight excluding hydrogens is 360 g/mol. The summed E-state index contributed by atoms with van der Waals surface area (Å²) >= 11 is 7.60. The summed E-state index contributed by atoms with van der Waals surface area (Å²) in [5.41, 5.74) is 0.777. The predicted octanol–water partition coefficient (Wildman–Crippen LogP) is 4.25. The molecule has 0 spiro atoms. The fourth-order valence-corrected chi connectivity index (χ4v) is 4.23. The van der Waals surface area contributed by atoms with E-state index in [1.165, 1.54) is 38.1 Å². The maximum Gasteiger partial charge on any atom is 0.264 e. The van der Waals surface area contributed by atoms with Crippen molar-refractivity contribution >= 4 is 40.5 Å². The quantitative estimate of drug-likeness (QED) is 0.793. The summed E-state index contributed by atoms with van der Waals surface area (Å²) in [4.78, 5) is 17.5. The smallest absolute Gasteiger partial charge is 0.264 e. The molecule has 7 heteroatoms. The minimum absolute atomic E-state index is 0.134. The highest BCUT2D eigenvalue weighted by atomic mass is 35.5. The Morgan fingerprint density at radius 3 is 2.68 bits per heavy atom. The summed E-state index contributed by atoms with van der Waals surface area (Å²) in [6, 6.07) is 3.87. The van der Waals surface area contributed by atoms with Crippen molar-refractivity contribution in [2.45, 2.75) is 38.1 Å². The first-order chi connectivity index (χ1) is 12.1. The van der Waals surface area contributed by atoms with Crippen molar-refractivity contribution in [1.29, 1.82) is 0 Å². The van der Waals surface area contributed by atoms with Crippen LogP contribution in [0.25, 0.3) is 6.08 Å². The Labute approximate surface area is 156 Å². The molecule has 0 aromatic heterocycles. The standard InChI is InChI=1S/C18H21ClN2O3S/c1-23-14-9-11(8-13(19)16(14)24-2)10-15-17(22)21-18(25-15)20-12-6-4-3-5-7-12/h8-10,12H,3-7H2,1-2H3,(H,20,21,22)/b15-10-. The highest BCUT2D eigenvalue weighted by Gasteiger charge is 2.25. The van der Waals surface area contributed by atoms with Crippen LogP contribution < -0.4 is 14.8 Å². The summed E-state index contributed by atoms with van der Waals surface area (Å²) in [5.74, 6) is 0.876. The Balaban J connectivity index is 1.80. The number of hydrogen-bond donors (Lipinski definition) is 1. The van der Waals surface area contributed by atoms with Crippen LogP contribution >= 0.6 is 23.4 Å². The first-order valence-electron chi connectivity index (χ1n) is 8.31. The van der Waals surface area contributed by atoms with Gasteiger partial charge in [0.15, 0.2) is 16.7 Å². The Bertz CT molecular complexity index is 727. The molecule has 3 rings (SSSR count). The third-order valence-electron chi connectivity index (χ3n) is 4.28. The number of carbonyl (C=O) groups is 1. The number of carbonyl (C=O) groups excluding carboxylic acids is 1. The maximum atomic E-state index is 12.2. The van der Waals surface area contributed by atoms with Crippen LogP contribution in [0.15, 0.2) is 22.0 Å². The first kappa shape index (κ1) is 18.1. The summed E-state index contributed by atoms with van der Waals surface area (Å²) < 4.78 is 10.5. The molecule has 1 saturated carbocycles. The van der Waals surface area contributed by atoms with Gasteiger partial charge in [-0.15, -0.1) is 0 Å². The van der Waals surface area contributed by atoms with Crippen LogP contribution in [0.5, 0.6) is 11.5 Å². The molecule has 1 aromatic rings. The monoisotopic (exact) mass is 380 g/mol. The van der Waals surface area contributed by atoms with E-state index in [9.17, 15) is 4.79 Å². The third-order valence-corrected chi connectivity index (χ3v) is 5.48. The van der Waals surface area contributed by atoms with Crippen molar-refractivity contribution in [3.8, 4) is 11.5 Å². The lowest BCUT2D eigenvalue weighted by Crippen LogP contribution is -2.22. The largest absolute Gasteiger partial charge is 0.493 e. The molecule has 0 unspecified atom stereocenters. The molecule has 1 saturated heterocycles. The zero-order valence-corrected chi connectivity index (χ0v) is 15.9. The van der Waals surface area contributed by atoms with Crippen LogP contribution in [0.2, 0.25) is 5.02 Å². The van der Waals surface area contributed by atoms with E-state index in [0.29, 0.717) is 32.6 Å². The molecule has 1 N–H and O–H groups in total. The van der Waals surface area contributed by atoms with Gasteiger partial charge < -0.3 is 14.8 Å². The van der Waals surface area contributed by atoms with Gasteiger partial charge in [0.2, 0.25) is 0 Å². The molecule has 2 aliphatic rings. The molecule has 1 aliphatic carbocycles. The minimum atomic E-state index is -0.134. The van der Waals surface area contributed by atoms with E-state index in [1.54, 1.807) is 25.3 Å². The van der Waals surface area contributed by atoms with E-state index in [2.05, 4.69) is 5.32 Å². The van der Waals surface area contributed by atoms with Gasteiger partial charge in [-0.25, -0.2) is 0 Å². The van der Waals surface area contributed by atoms with Gasteiger partial charge in [0.1, 0.15) is 0 Å². The number of rotatable bonds is 4. The van der Waals surface area contributed by atoms with Gasteiger partial charge in [0.05, 0.1) is 30.2 Å². The Morgan fingerprint density at radius 1 is 1.24 bits per heavy atom. The molecule has 134 valence electrons. The van der Waals surface area contributed by atoms with Gasteiger partial charge in [0, 0.05) is 0 Å². The van der Waals surface area contributed by atoms with Gasteiger partial charge >= 0.3 is 0 Å². The Hall–Kier alpha value is -1.66. The predicted molar refractivity (Wildman–Crippen MR) is 103 cm³/mol. The van der Waals surface area contributed by atoms with Crippen molar-refractivity contribution < 1.29 is 14.3 Å².